The van der Waals surface area contributed by atoms with Gasteiger partial charge in [0.1, 0.15) is 5.82 Å². The summed E-state index contributed by atoms with van der Waals surface area (Å²) in [6, 6.07) is 4.70. The Balaban J connectivity index is 2.49. The summed E-state index contributed by atoms with van der Waals surface area (Å²) in [5.41, 5.74) is 1.92. The molecule has 6 heteroatoms. The van der Waals surface area contributed by atoms with Crippen molar-refractivity contribution in [3.63, 3.8) is 0 Å². The van der Waals surface area contributed by atoms with Crippen LogP contribution in [0.15, 0.2) is 28.9 Å². The van der Waals surface area contributed by atoms with Gasteiger partial charge in [0.2, 0.25) is 0 Å². The highest BCUT2D eigenvalue weighted by molar-refractivity contribution is 9.10. The maximum absolute atomic E-state index is 13.3. The minimum absolute atomic E-state index is 0.0880. The number of rotatable bonds is 5. The molecule has 0 radical (unpaired) electrons. The van der Waals surface area contributed by atoms with Crippen molar-refractivity contribution >= 4 is 27.5 Å². The lowest BCUT2D eigenvalue weighted by Gasteiger charge is -2.20. The third-order valence-corrected chi connectivity index (χ3v) is 3.99. The maximum Gasteiger partial charge on any atom is 0.141 e. The first-order chi connectivity index (χ1) is 9.58. The molecule has 2 rings (SSSR count). The molecule has 20 heavy (non-hydrogen) atoms. The Bertz CT molecular complexity index is 600. The van der Waals surface area contributed by atoms with Crippen molar-refractivity contribution in [2.45, 2.75) is 26.4 Å². The van der Waals surface area contributed by atoms with Crippen molar-refractivity contribution in [1.82, 2.24) is 15.1 Å². The van der Waals surface area contributed by atoms with Crippen LogP contribution in [0.2, 0.25) is 5.02 Å². The van der Waals surface area contributed by atoms with Crippen LogP contribution in [0.3, 0.4) is 0 Å². The summed E-state index contributed by atoms with van der Waals surface area (Å²) in [4.78, 5) is 0. The van der Waals surface area contributed by atoms with Crippen molar-refractivity contribution in [2.24, 2.45) is 0 Å². The molecule has 3 nitrogen and oxygen atoms in total. The number of nitrogens with zero attached hydrogens (tertiary/aromatic N) is 2. The molecule has 0 aliphatic rings. The second-order valence-corrected chi connectivity index (χ2v) is 5.62. The summed E-state index contributed by atoms with van der Waals surface area (Å²) in [5, 5.41) is 7.85. The Labute approximate surface area is 131 Å². The Hall–Kier alpha value is -0.910. The van der Waals surface area contributed by atoms with E-state index in [9.17, 15) is 4.39 Å². The fraction of sp³-hybridized carbons (Fsp3) is 0.357. The minimum Gasteiger partial charge on any atom is -0.305 e. The van der Waals surface area contributed by atoms with Gasteiger partial charge in [-0.05, 0) is 47.1 Å². The van der Waals surface area contributed by atoms with Gasteiger partial charge in [0.15, 0.2) is 0 Å². The number of hydrogen-bond acceptors (Lipinski definition) is 2. The van der Waals surface area contributed by atoms with Gasteiger partial charge in [-0.15, -0.1) is 0 Å². The van der Waals surface area contributed by atoms with E-state index in [2.05, 4.69) is 26.3 Å². The molecule has 1 unspecified atom stereocenters. The molecule has 1 aromatic carbocycles. The molecule has 1 N–H and O–H groups in total. The number of aromatic nitrogens is 2. The summed E-state index contributed by atoms with van der Waals surface area (Å²) in [5.74, 6) is -0.409. The van der Waals surface area contributed by atoms with Gasteiger partial charge in [-0.1, -0.05) is 24.6 Å². The normalized spacial score (nSPS) is 12.7. The van der Waals surface area contributed by atoms with Gasteiger partial charge in [0.25, 0.3) is 0 Å². The molecular weight excluding hydrogens is 345 g/mol. The van der Waals surface area contributed by atoms with Crippen molar-refractivity contribution in [3.05, 3.63) is 51.0 Å². The highest BCUT2D eigenvalue weighted by Gasteiger charge is 2.21. The molecule has 0 spiro atoms. The highest BCUT2D eigenvalue weighted by Crippen LogP contribution is 2.30. The number of hydrogen-bond donors (Lipinski definition) is 1. The van der Waals surface area contributed by atoms with E-state index in [1.54, 1.807) is 18.3 Å². The van der Waals surface area contributed by atoms with Crippen LogP contribution in [0.25, 0.3) is 0 Å². The van der Waals surface area contributed by atoms with Crippen LogP contribution >= 0.6 is 27.5 Å². The Morgan fingerprint density at radius 3 is 2.80 bits per heavy atom. The maximum atomic E-state index is 13.3. The number of benzene rings is 1. The van der Waals surface area contributed by atoms with E-state index < -0.39 is 5.82 Å². The first kappa shape index (κ1) is 15.5. The zero-order valence-corrected chi connectivity index (χ0v) is 13.7. The minimum atomic E-state index is -0.409. The standard InChI is InChI=1S/C14H16BrClFN3/c1-3-18-13(9-5-6-12(17)11(16)7-9)14-10(15)8-19-20(14)4-2/h5-8,13,18H,3-4H2,1-2H3. The van der Waals surface area contributed by atoms with Gasteiger partial charge in [0, 0.05) is 6.54 Å². The van der Waals surface area contributed by atoms with Gasteiger partial charge >= 0.3 is 0 Å². The van der Waals surface area contributed by atoms with E-state index in [1.807, 2.05) is 18.5 Å². The second-order valence-electron chi connectivity index (χ2n) is 4.36. The van der Waals surface area contributed by atoms with Crippen LogP contribution in [0.5, 0.6) is 0 Å². The number of aryl methyl sites for hydroxylation is 1. The monoisotopic (exact) mass is 359 g/mol. The molecule has 0 fully saturated rings. The molecule has 1 heterocycles. The van der Waals surface area contributed by atoms with Crippen LogP contribution < -0.4 is 5.32 Å². The van der Waals surface area contributed by atoms with Gasteiger partial charge in [-0.25, -0.2) is 4.39 Å². The number of halogens is 3. The average Bonchev–Trinajstić information content (AvgIpc) is 2.80. The lowest BCUT2D eigenvalue weighted by molar-refractivity contribution is 0.539. The van der Waals surface area contributed by atoms with Gasteiger partial charge in [-0.3, -0.25) is 4.68 Å². The lowest BCUT2D eigenvalue weighted by Crippen LogP contribution is -2.25. The molecular formula is C14H16BrClFN3. The first-order valence-electron chi connectivity index (χ1n) is 6.48. The molecule has 0 saturated heterocycles. The Kier molecular flexibility index (Phi) is 5.18. The smallest absolute Gasteiger partial charge is 0.141 e. The third kappa shape index (κ3) is 3.05. The van der Waals surface area contributed by atoms with E-state index in [0.29, 0.717) is 0 Å². The fourth-order valence-electron chi connectivity index (χ4n) is 2.18. The fourth-order valence-corrected chi connectivity index (χ4v) is 2.89. The predicted octanol–water partition coefficient (Wildman–Crippen LogP) is 4.16. The molecule has 1 aromatic heterocycles. The van der Waals surface area contributed by atoms with E-state index in [0.717, 1.165) is 28.8 Å². The summed E-state index contributed by atoms with van der Waals surface area (Å²) in [6.07, 6.45) is 1.77. The lowest BCUT2D eigenvalue weighted by atomic mass is 10.0. The zero-order chi connectivity index (χ0) is 14.7. The summed E-state index contributed by atoms with van der Waals surface area (Å²) in [6.45, 7) is 5.60. The molecule has 1 atom stereocenters. The van der Waals surface area contributed by atoms with Crippen molar-refractivity contribution < 1.29 is 4.39 Å². The zero-order valence-electron chi connectivity index (χ0n) is 11.3. The van der Waals surface area contributed by atoms with Crippen molar-refractivity contribution in [3.8, 4) is 0 Å². The van der Waals surface area contributed by atoms with E-state index in [1.165, 1.54) is 6.07 Å². The Morgan fingerprint density at radius 2 is 2.20 bits per heavy atom. The van der Waals surface area contributed by atoms with E-state index in [-0.39, 0.29) is 11.1 Å². The van der Waals surface area contributed by atoms with E-state index in [4.69, 9.17) is 11.6 Å². The van der Waals surface area contributed by atoms with Crippen LogP contribution in [-0.4, -0.2) is 16.3 Å². The highest BCUT2D eigenvalue weighted by atomic mass is 79.9. The van der Waals surface area contributed by atoms with Crippen molar-refractivity contribution in [2.75, 3.05) is 6.54 Å². The molecule has 2 aromatic rings. The summed E-state index contributed by atoms with van der Waals surface area (Å²) >= 11 is 9.42. The van der Waals surface area contributed by atoms with Gasteiger partial charge < -0.3 is 5.32 Å². The van der Waals surface area contributed by atoms with Crippen LogP contribution in [0.4, 0.5) is 4.39 Å². The number of nitrogens with one attached hydrogen (secondary N) is 1. The van der Waals surface area contributed by atoms with Crippen LogP contribution in [-0.2, 0) is 6.54 Å². The first-order valence-corrected chi connectivity index (χ1v) is 7.65. The molecule has 0 amide bonds. The quantitative estimate of drug-likeness (QED) is 0.868. The average molecular weight is 361 g/mol. The predicted molar refractivity (Wildman–Crippen MR) is 82.5 cm³/mol. The second kappa shape index (κ2) is 6.70. The SMILES string of the molecule is CCNC(c1ccc(F)c(Cl)c1)c1c(Br)cnn1CC. The molecule has 0 aliphatic heterocycles. The van der Waals surface area contributed by atoms with Crippen molar-refractivity contribution in [1.29, 1.82) is 0 Å². The third-order valence-electron chi connectivity index (χ3n) is 3.09. The van der Waals surface area contributed by atoms with Crippen LogP contribution in [0, 0.1) is 5.82 Å². The molecule has 0 aliphatic carbocycles. The summed E-state index contributed by atoms with van der Waals surface area (Å²) in [7, 11) is 0. The molecule has 108 valence electrons. The topological polar surface area (TPSA) is 29.9 Å². The Morgan fingerprint density at radius 1 is 1.45 bits per heavy atom. The molecule has 0 bridgehead atoms. The van der Waals surface area contributed by atoms with Gasteiger partial charge in [-0.2, -0.15) is 5.10 Å². The van der Waals surface area contributed by atoms with Gasteiger partial charge in [0.05, 0.1) is 27.4 Å². The largest absolute Gasteiger partial charge is 0.305 e. The molecule has 0 saturated carbocycles. The summed E-state index contributed by atoms with van der Waals surface area (Å²) < 4.78 is 16.2. The van der Waals surface area contributed by atoms with E-state index >= 15 is 0 Å². The van der Waals surface area contributed by atoms with Crippen LogP contribution in [0.1, 0.15) is 31.1 Å².